The van der Waals surface area contributed by atoms with E-state index < -0.39 is 0 Å². The fourth-order valence-electron chi connectivity index (χ4n) is 1.45. The van der Waals surface area contributed by atoms with E-state index in [0.29, 0.717) is 10.7 Å². The van der Waals surface area contributed by atoms with Crippen LogP contribution in [0.3, 0.4) is 0 Å². The minimum atomic E-state index is -0.324. The molecule has 0 amide bonds. The van der Waals surface area contributed by atoms with E-state index in [0.717, 1.165) is 5.56 Å². The van der Waals surface area contributed by atoms with Crippen molar-refractivity contribution in [3.63, 3.8) is 0 Å². The summed E-state index contributed by atoms with van der Waals surface area (Å²) in [6.45, 7) is 1.90. The Morgan fingerprint density at radius 2 is 2.24 bits per heavy atom. The number of aryl methyl sites for hydroxylation is 1. The van der Waals surface area contributed by atoms with Gasteiger partial charge in [0.1, 0.15) is 0 Å². The highest BCUT2D eigenvalue weighted by molar-refractivity contribution is 6.31. The summed E-state index contributed by atoms with van der Waals surface area (Å²) in [5, 5.41) is 0.605. The lowest BCUT2D eigenvalue weighted by Gasteiger charge is -2.08. The van der Waals surface area contributed by atoms with Gasteiger partial charge in [-0.2, -0.15) is 0 Å². The van der Waals surface area contributed by atoms with E-state index in [1.165, 1.54) is 10.8 Å². The lowest BCUT2D eigenvalue weighted by molar-refractivity contribution is 0.952. The van der Waals surface area contributed by atoms with Gasteiger partial charge in [0.25, 0.3) is 5.56 Å². The smallest absolute Gasteiger partial charge is 0.299 e. The normalized spacial score (nSPS) is 10.3. The van der Waals surface area contributed by atoms with Gasteiger partial charge in [-0.25, -0.2) is 10.8 Å². The van der Waals surface area contributed by atoms with Crippen LogP contribution in [0.15, 0.2) is 35.4 Å². The van der Waals surface area contributed by atoms with Crippen molar-refractivity contribution in [2.45, 2.75) is 6.92 Å². The van der Waals surface area contributed by atoms with Crippen molar-refractivity contribution in [3.05, 3.63) is 51.5 Å². The number of nitrogens with two attached hydrogens (primary N) is 1. The number of nitrogens with zero attached hydrogens (tertiary/aromatic N) is 2. The van der Waals surface area contributed by atoms with Crippen LogP contribution in [-0.4, -0.2) is 9.55 Å². The van der Waals surface area contributed by atoms with E-state index in [2.05, 4.69) is 10.4 Å². The highest BCUT2D eigenvalue weighted by atomic mass is 35.5. The Kier molecular flexibility index (Phi) is 3.12. The molecule has 0 unspecified atom stereocenters. The van der Waals surface area contributed by atoms with E-state index in [1.54, 1.807) is 12.3 Å². The van der Waals surface area contributed by atoms with Gasteiger partial charge in [0.15, 0.2) is 0 Å². The van der Waals surface area contributed by atoms with Crippen LogP contribution in [0.1, 0.15) is 5.56 Å². The molecule has 1 aromatic carbocycles. The first-order valence-electron chi connectivity index (χ1n) is 4.94. The third-order valence-electron chi connectivity index (χ3n) is 2.41. The van der Waals surface area contributed by atoms with Gasteiger partial charge in [-0.05, 0) is 24.6 Å². The molecule has 0 aliphatic carbocycles. The van der Waals surface area contributed by atoms with E-state index in [4.69, 9.17) is 17.4 Å². The van der Waals surface area contributed by atoms with Crippen LogP contribution < -0.4 is 16.8 Å². The van der Waals surface area contributed by atoms with Crippen molar-refractivity contribution in [1.82, 2.24) is 9.55 Å². The maximum absolute atomic E-state index is 11.9. The van der Waals surface area contributed by atoms with Crippen LogP contribution in [0, 0.1) is 6.92 Å². The first-order chi connectivity index (χ1) is 8.13. The molecule has 2 aromatic rings. The molecule has 2 rings (SSSR count). The van der Waals surface area contributed by atoms with Crippen molar-refractivity contribution in [1.29, 1.82) is 0 Å². The Hall–Kier alpha value is -1.85. The average Bonchev–Trinajstić information content (AvgIpc) is 2.33. The predicted octanol–water partition coefficient (Wildman–Crippen LogP) is 1.48. The van der Waals surface area contributed by atoms with Crippen molar-refractivity contribution >= 4 is 17.4 Å². The topological polar surface area (TPSA) is 72.9 Å². The van der Waals surface area contributed by atoms with Crippen LogP contribution in [0.2, 0.25) is 5.02 Å². The zero-order valence-corrected chi connectivity index (χ0v) is 9.90. The van der Waals surface area contributed by atoms with Crippen molar-refractivity contribution in [2.24, 2.45) is 5.84 Å². The molecule has 0 radical (unpaired) electrons. The number of hydrazine groups is 1. The quantitative estimate of drug-likeness (QED) is 0.626. The number of hydrogen-bond donors (Lipinski definition) is 2. The summed E-state index contributed by atoms with van der Waals surface area (Å²) in [6, 6.07) is 5.38. The largest absolute Gasteiger partial charge is 0.304 e. The second-order valence-corrected chi connectivity index (χ2v) is 3.94. The van der Waals surface area contributed by atoms with Gasteiger partial charge in [-0.1, -0.05) is 17.7 Å². The van der Waals surface area contributed by atoms with Gasteiger partial charge >= 0.3 is 0 Å². The van der Waals surface area contributed by atoms with Crippen molar-refractivity contribution in [2.75, 3.05) is 5.43 Å². The van der Waals surface area contributed by atoms with Gasteiger partial charge in [-0.15, -0.1) is 0 Å². The molecule has 3 N–H and O–H groups in total. The minimum Gasteiger partial charge on any atom is -0.304 e. The SMILES string of the molecule is Cc1ccc(-n2ccnc(NN)c2=O)cc1Cl. The molecule has 0 saturated heterocycles. The Balaban J connectivity index is 2.61. The van der Waals surface area contributed by atoms with E-state index in [-0.39, 0.29) is 11.4 Å². The van der Waals surface area contributed by atoms with E-state index >= 15 is 0 Å². The summed E-state index contributed by atoms with van der Waals surface area (Å²) in [5.41, 5.74) is 3.55. The summed E-state index contributed by atoms with van der Waals surface area (Å²) in [6.07, 6.45) is 3.05. The Bertz CT molecular complexity index is 609. The third kappa shape index (κ3) is 2.15. The van der Waals surface area contributed by atoms with Crippen LogP contribution >= 0.6 is 11.6 Å². The van der Waals surface area contributed by atoms with Crippen molar-refractivity contribution < 1.29 is 0 Å². The van der Waals surface area contributed by atoms with Crippen LogP contribution in [0.5, 0.6) is 0 Å². The van der Waals surface area contributed by atoms with Crippen LogP contribution in [0.25, 0.3) is 5.69 Å². The molecule has 0 saturated carbocycles. The number of rotatable bonds is 2. The van der Waals surface area contributed by atoms with Gasteiger partial charge in [0.05, 0.1) is 5.69 Å². The van der Waals surface area contributed by atoms with Gasteiger partial charge < -0.3 is 5.43 Å². The van der Waals surface area contributed by atoms with Gasteiger partial charge in [0.2, 0.25) is 5.82 Å². The summed E-state index contributed by atoms with van der Waals surface area (Å²) in [5.74, 6) is 5.29. The molecule has 0 fully saturated rings. The minimum absolute atomic E-state index is 0.0872. The number of benzene rings is 1. The molecule has 0 bridgehead atoms. The molecule has 0 aliphatic heterocycles. The molecule has 17 heavy (non-hydrogen) atoms. The second-order valence-electron chi connectivity index (χ2n) is 3.53. The van der Waals surface area contributed by atoms with Crippen molar-refractivity contribution in [3.8, 4) is 5.69 Å². The number of halogens is 1. The maximum atomic E-state index is 11.9. The summed E-state index contributed by atoms with van der Waals surface area (Å²) in [7, 11) is 0. The molecule has 0 spiro atoms. The molecule has 0 atom stereocenters. The maximum Gasteiger partial charge on any atom is 0.299 e. The zero-order chi connectivity index (χ0) is 12.4. The van der Waals surface area contributed by atoms with E-state index in [1.807, 2.05) is 19.1 Å². The highest BCUT2D eigenvalue weighted by Gasteiger charge is 2.06. The molecular formula is C11H11ClN4O. The number of nitrogens with one attached hydrogen (secondary N) is 1. The first kappa shape index (κ1) is 11.6. The molecule has 88 valence electrons. The molecule has 1 heterocycles. The Morgan fingerprint density at radius 1 is 1.47 bits per heavy atom. The fourth-order valence-corrected chi connectivity index (χ4v) is 1.62. The molecule has 1 aromatic heterocycles. The number of hydrogen-bond acceptors (Lipinski definition) is 4. The lowest BCUT2D eigenvalue weighted by atomic mass is 10.2. The van der Waals surface area contributed by atoms with Gasteiger partial charge in [0, 0.05) is 17.4 Å². The van der Waals surface area contributed by atoms with Crippen LogP contribution in [-0.2, 0) is 0 Å². The monoisotopic (exact) mass is 250 g/mol. The summed E-state index contributed by atoms with van der Waals surface area (Å²) >= 11 is 6.02. The standard InChI is InChI=1S/C11H11ClN4O/c1-7-2-3-8(6-9(7)12)16-5-4-14-10(15-13)11(16)17/h2-6H,13H2,1H3,(H,14,15). The summed E-state index contributed by atoms with van der Waals surface area (Å²) < 4.78 is 1.42. The van der Waals surface area contributed by atoms with Gasteiger partial charge in [-0.3, -0.25) is 9.36 Å². The average molecular weight is 251 g/mol. The zero-order valence-electron chi connectivity index (χ0n) is 9.14. The first-order valence-corrected chi connectivity index (χ1v) is 5.32. The molecular weight excluding hydrogens is 240 g/mol. The number of nitrogen functional groups attached to an aromatic ring is 1. The fraction of sp³-hybridized carbons (Fsp3) is 0.0909. The molecule has 0 aliphatic rings. The molecule has 6 heteroatoms. The number of aromatic nitrogens is 2. The molecule has 5 nitrogen and oxygen atoms in total. The van der Waals surface area contributed by atoms with E-state index in [9.17, 15) is 4.79 Å². The lowest BCUT2D eigenvalue weighted by Crippen LogP contribution is -2.25. The Labute approximate surface area is 103 Å². The second kappa shape index (κ2) is 4.57. The predicted molar refractivity (Wildman–Crippen MR) is 67.4 cm³/mol. The Morgan fingerprint density at radius 3 is 2.88 bits per heavy atom. The third-order valence-corrected chi connectivity index (χ3v) is 2.82. The number of anilines is 1. The summed E-state index contributed by atoms with van der Waals surface area (Å²) in [4.78, 5) is 15.7. The highest BCUT2D eigenvalue weighted by Crippen LogP contribution is 2.18. The van der Waals surface area contributed by atoms with Crippen LogP contribution in [0.4, 0.5) is 5.82 Å².